The number of carbonyl (C=O) groups is 1. The number of nitrogens with one attached hydrogen (secondary N) is 1. The van der Waals surface area contributed by atoms with Gasteiger partial charge in [-0.15, -0.1) is 11.8 Å². The van der Waals surface area contributed by atoms with Gasteiger partial charge in [0.05, 0.1) is 11.3 Å². The van der Waals surface area contributed by atoms with Gasteiger partial charge in [0.2, 0.25) is 0 Å². The highest BCUT2D eigenvalue weighted by molar-refractivity contribution is 7.98. The van der Waals surface area contributed by atoms with E-state index in [0.29, 0.717) is 28.5 Å². The van der Waals surface area contributed by atoms with Crippen molar-refractivity contribution in [2.24, 2.45) is 0 Å². The second kappa shape index (κ2) is 6.70. The molecule has 0 saturated heterocycles. The summed E-state index contributed by atoms with van der Waals surface area (Å²) in [5, 5.41) is 12.4. The summed E-state index contributed by atoms with van der Waals surface area (Å²) >= 11 is 1.43. The van der Waals surface area contributed by atoms with Crippen LogP contribution in [0.5, 0.6) is 0 Å². The van der Waals surface area contributed by atoms with Crippen molar-refractivity contribution in [2.75, 3.05) is 12.9 Å². The van der Waals surface area contributed by atoms with Gasteiger partial charge in [-0.25, -0.2) is 9.97 Å². The van der Waals surface area contributed by atoms with Crippen LogP contribution >= 0.6 is 11.8 Å². The molecule has 1 rings (SSSR count). The molecular formula is C12H19N3O2S. The average molecular weight is 269 g/mol. The van der Waals surface area contributed by atoms with Crippen molar-refractivity contribution in [3.8, 4) is 0 Å². The molecule has 0 saturated carbocycles. The highest BCUT2D eigenvalue weighted by atomic mass is 32.2. The number of carbonyl (C=O) groups excluding carboxylic acids is 1. The van der Waals surface area contributed by atoms with Crippen molar-refractivity contribution in [1.82, 2.24) is 15.3 Å². The van der Waals surface area contributed by atoms with E-state index in [2.05, 4.69) is 15.3 Å². The molecular weight excluding hydrogens is 250 g/mol. The van der Waals surface area contributed by atoms with Gasteiger partial charge in [-0.1, -0.05) is 0 Å². The lowest BCUT2D eigenvalue weighted by Crippen LogP contribution is -2.34. The number of aliphatic hydroxyl groups excluding tert-OH is 1. The van der Waals surface area contributed by atoms with Crippen LogP contribution in [0.4, 0.5) is 0 Å². The summed E-state index contributed by atoms with van der Waals surface area (Å²) in [6.45, 7) is 5.53. The molecule has 1 unspecified atom stereocenters. The van der Waals surface area contributed by atoms with E-state index >= 15 is 0 Å². The number of hydrogen-bond donors (Lipinski definition) is 2. The van der Waals surface area contributed by atoms with Crippen LogP contribution in [0.3, 0.4) is 0 Å². The average Bonchev–Trinajstić information content (AvgIpc) is 2.27. The summed E-state index contributed by atoms with van der Waals surface area (Å²) in [7, 11) is 0. The molecule has 100 valence electrons. The zero-order valence-electron chi connectivity index (χ0n) is 11.1. The van der Waals surface area contributed by atoms with Crippen LogP contribution in [0.15, 0.2) is 5.03 Å². The van der Waals surface area contributed by atoms with Crippen molar-refractivity contribution in [3.63, 3.8) is 0 Å². The molecule has 18 heavy (non-hydrogen) atoms. The van der Waals surface area contributed by atoms with Gasteiger partial charge in [-0.3, -0.25) is 4.79 Å². The van der Waals surface area contributed by atoms with Crippen LogP contribution in [-0.4, -0.2) is 39.9 Å². The number of aliphatic hydroxyl groups is 1. The number of aryl methyl sites for hydroxylation is 2. The third kappa shape index (κ3) is 3.68. The Kier molecular flexibility index (Phi) is 5.55. The fourth-order valence-corrected chi connectivity index (χ4v) is 2.32. The summed E-state index contributed by atoms with van der Waals surface area (Å²) in [5.74, 6) is 0.481. The van der Waals surface area contributed by atoms with Gasteiger partial charge in [-0.05, 0) is 33.4 Å². The summed E-state index contributed by atoms with van der Waals surface area (Å²) in [6.07, 6.45) is 2.42. The fourth-order valence-electron chi connectivity index (χ4n) is 1.65. The van der Waals surface area contributed by atoms with Gasteiger partial charge in [0, 0.05) is 12.6 Å². The first-order valence-corrected chi connectivity index (χ1v) is 7.03. The summed E-state index contributed by atoms with van der Waals surface area (Å²) < 4.78 is 0. The Hall–Kier alpha value is -1.14. The lowest BCUT2D eigenvalue weighted by Gasteiger charge is -2.15. The number of nitrogens with zero attached hydrogens (tertiary/aromatic N) is 2. The van der Waals surface area contributed by atoms with Crippen molar-refractivity contribution < 1.29 is 9.90 Å². The molecule has 1 atom stereocenters. The molecule has 2 N–H and O–H groups in total. The van der Waals surface area contributed by atoms with Crippen LogP contribution < -0.4 is 5.32 Å². The minimum Gasteiger partial charge on any atom is -0.396 e. The van der Waals surface area contributed by atoms with Gasteiger partial charge >= 0.3 is 0 Å². The highest BCUT2D eigenvalue weighted by Crippen LogP contribution is 2.20. The number of thioether (sulfide) groups is 1. The van der Waals surface area contributed by atoms with E-state index in [4.69, 9.17) is 5.11 Å². The molecule has 6 heteroatoms. The maximum atomic E-state index is 12.2. The van der Waals surface area contributed by atoms with E-state index in [0.717, 1.165) is 0 Å². The monoisotopic (exact) mass is 269 g/mol. The molecule has 0 bridgehead atoms. The molecule has 1 heterocycles. The normalized spacial score (nSPS) is 12.3. The van der Waals surface area contributed by atoms with Gasteiger partial charge in [0.15, 0.2) is 0 Å². The molecule has 5 nitrogen and oxygen atoms in total. The zero-order chi connectivity index (χ0) is 13.7. The molecule has 1 amide bonds. The first-order chi connectivity index (χ1) is 8.49. The molecule has 0 fully saturated rings. The number of aromatic nitrogens is 2. The lowest BCUT2D eigenvalue weighted by molar-refractivity contribution is 0.0929. The summed E-state index contributed by atoms with van der Waals surface area (Å²) in [4.78, 5) is 20.6. The van der Waals surface area contributed by atoms with E-state index in [1.165, 1.54) is 11.8 Å². The Bertz CT molecular complexity index is 438. The quantitative estimate of drug-likeness (QED) is 0.623. The largest absolute Gasteiger partial charge is 0.396 e. The molecule has 1 aromatic heterocycles. The Morgan fingerprint density at radius 3 is 2.67 bits per heavy atom. The Morgan fingerprint density at radius 1 is 1.44 bits per heavy atom. The van der Waals surface area contributed by atoms with E-state index in [-0.39, 0.29) is 18.6 Å². The fraction of sp³-hybridized carbons (Fsp3) is 0.583. The first-order valence-electron chi connectivity index (χ1n) is 5.80. The Balaban J connectivity index is 2.98. The van der Waals surface area contributed by atoms with Crippen LogP contribution in [-0.2, 0) is 0 Å². The molecule has 0 aliphatic heterocycles. The molecule has 0 aromatic carbocycles. The van der Waals surface area contributed by atoms with Crippen LogP contribution in [0.2, 0.25) is 0 Å². The van der Waals surface area contributed by atoms with Crippen LogP contribution in [0.25, 0.3) is 0 Å². The molecule has 0 radical (unpaired) electrons. The van der Waals surface area contributed by atoms with Gasteiger partial charge in [-0.2, -0.15) is 0 Å². The third-order valence-electron chi connectivity index (χ3n) is 2.53. The van der Waals surface area contributed by atoms with E-state index in [1.807, 2.05) is 20.1 Å². The van der Waals surface area contributed by atoms with Crippen molar-refractivity contribution >= 4 is 17.7 Å². The Labute approximate surface area is 111 Å². The maximum absolute atomic E-state index is 12.2. The number of amides is 1. The maximum Gasteiger partial charge on any atom is 0.256 e. The van der Waals surface area contributed by atoms with Gasteiger partial charge in [0.25, 0.3) is 5.91 Å². The number of rotatable bonds is 5. The van der Waals surface area contributed by atoms with E-state index < -0.39 is 0 Å². The highest BCUT2D eigenvalue weighted by Gasteiger charge is 2.18. The lowest BCUT2D eigenvalue weighted by atomic mass is 10.2. The predicted octanol–water partition coefficient (Wildman–Crippen LogP) is 1.32. The van der Waals surface area contributed by atoms with Gasteiger partial charge in [0.1, 0.15) is 10.9 Å². The van der Waals surface area contributed by atoms with Crippen molar-refractivity contribution in [2.45, 2.75) is 38.3 Å². The molecule has 0 spiro atoms. The number of hydrogen-bond acceptors (Lipinski definition) is 5. The smallest absolute Gasteiger partial charge is 0.256 e. The van der Waals surface area contributed by atoms with E-state index in [9.17, 15) is 4.79 Å². The van der Waals surface area contributed by atoms with Gasteiger partial charge < -0.3 is 10.4 Å². The SMILES string of the molecule is CSc1nc(C)nc(C)c1C(=O)NC(C)CCO. The zero-order valence-corrected chi connectivity index (χ0v) is 12.0. The third-order valence-corrected chi connectivity index (χ3v) is 3.21. The van der Waals surface area contributed by atoms with Crippen molar-refractivity contribution in [3.05, 3.63) is 17.1 Å². The molecule has 0 aliphatic rings. The minimum absolute atomic E-state index is 0.0558. The standard InChI is InChI=1S/C12H19N3O2S/c1-7(5-6-16)13-11(17)10-8(2)14-9(3)15-12(10)18-4/h7,16H,5-6H2,1-4H3,(H,13,17). The topological polar surface area (TPSA) is 75.1 Å². The summed E-state index contributed by atoms with van der Waals surface area (Å²) in [6, 6.07) is -0.0714. The Morgan fingerprint density at radius 2 is 2.11 bits per heavy atom. The molecule has 0 aliphatic carbocycles. The van der Waals surface area contributed by atoms with Crippen LogP contribution in [0.1, 0.15) is 35.2 Å². The second-order valence-corrected chi connectivity index (χ2v) is 4.92. The first kappa shape index (κ1) is 14.9. The van der Waals surface area contributed by atoms with Crippen LogP contribution in [0, 0.1) is 13.8 Å². The molecule has 1 aromatic rings. The predicted molar refractivity (Wildman–Crippen MR) is 71.9 cm³/mol. The van der Waals surface area contributed by atoms with E-state index in [1.54, 1.807) is 6.92 Å². The minimum atomic E-state index is -0.183. The van der Waals surface area contributed by atoms with Crippen molar-refractivity contribution in [1.29, 1.82) is 0 Å². The summed E-state index contributed by atoms with van der Waals surface area (Å²) in [5.41, 5.74) is 1.21. The second-order valence-electron chi connectivity index (χ2n) is 4.13.